The number of nitrogens with one attached hydrogen (secondary N) is 3. The van der Waals surface area contributed by atoms with Crippen molar-refractivity contribution in [3.63, 3.8) is 0 Å². The van der Waals surface area contributed by atoms with Gasteiger partial charge in [-0.25, -0.2) is 0 Å². The molecule has 59 heavy (non-hydrogen) atoms. The number of rotatable bonds is 47. The molecular formula is C49H97N3O7. The fourth-order valence-corrected chi connectivity index (χ4v) is 7.72. The summed E-state index contributed by atoms with van der Waals surface area (Å²) in [6.45, 7) is 6.21. The summed E-state index contributed by atoms with van der Waals surface area (Å²) in [5.74, 6) is -0.801. The maximum atomic E-state index is 12.8. The van der Waals surface area contributed by atoms with Crippen LogP contribution in [0.2, 0.25) is 0 Å². The van der Waals surface area contributed by atoms with Crippen molar-refractivity contribution in [2.75, 3.05) is 33.0 Å². The highest BCUT2D eigenvalue weighted by Gasteiger charge is 2.20. The first-order valence-corrected chi connectivity index (χ1v) is 25.2. The number of hydrogen-bond donors (Lipinski definition) is 6. The molecule has 0 saturated heterocycles. The average molecular weight is 840 g/mol. The zero-order valence-electron chi connectivity index (χ0n) is 38.7. The summed E-state index contributed by atoms with van der Waals surface area (Å²) < 4.78 is 5.84. The summed E-state index contributed by atoms with van der Waals surface area (Å²) in [4.78, 5) is 37.8. The molecule has 0 aromatic heterocycles. The van der Waals surface area contributed by atoms with Crippen LogP contribution in [0.3, 0.4) is 0 Å². The van der Waals surface area contributed by atoms with Crippen molar-refractivity contribution in [1.82, 2.24) is 16.0 Å². The van der Waals surface area contributed by atoms with Crippen LogP contribution >= 0.6 is 0 Å². The fourth-order valence-electron chi connectivity index (χ4n) is 7.72. The molecule has 0 bridgehead atoms. The molecule has 0 aliphatic rings. The second-order valence-electron chi connectivity index (χ2n) is 17.4. The molecule has 10 nitrogen and oxygen atoms in total. The lowest BCUT2D eigenvalue weighted by molar-refractivity contribution is -0.129. The van der Waals surface area contributed by atoms with E-state index in [1.54, 1.807) is 0 Å². The van der Waals surface area contributed by atoms with Crippen molar-refractivity contribution in [3.05, 3.63) is 0 Å². The van der Waals surface area contributed by atoms with Crippen LogP contribution in [-0.2, 0) is 19.1 Å². The van der Waals surface area contributed by atoms with E-state index in [0.29, 0.717) is 32.2 Å². The molecule has 0 aromatic carbocycles. The molecule has 3 amide bonds. The summed E-state index contributed by atoms with van der Waals surface area (Å²) in [5.41, 5.74) is 0. The van der Waals surface area contributed by atoms with Crippen molar-refractivity contribution in [3.8, 4) is 0 Å². The Balaban J connectivity index is 3.81. The van der Waals surface area contributed by atoms with Gasteiger partial charge >= 0.3 is 0 Å². The highest BCUT2D eigenvalue weighted by atomic mass is 16.5. The minimum absolute atomic E-state index is 0.0173. The summed E-state index contributed by atoms with van der Waals surface area (Å²) >= 11 is 0. The summed E-state index contributed by atoms with van der Waals surface area (Å²) in [6.07, 6.45) is 38.8. The van der Waals surface area contributed by atoms with Crippen LogP contribution in [0.1, 0.15) is 245 Å². The molecule has 0 aromatic rings. The molecule has 0 fully saturated rings. The van der Waals surface area contributed by atoms with E-state index < -0.39 is 18.2 Å². The fraction of sp³-hybridized carbons (Fsp3) is 0.939. The second kappa shape index (κ2) is 45.8. The van der Waals surface area contributed by atoms with E-state index in [-0.39, 0.29) is 43.8 Å². The number of ether oxygens (including phenoxy) is 1. The van der Waals surface area contributed by atoms with Gasteiger partial charge in [0.2, 0.25) is 17.7 Å². The van der Waals surface area contributed by atoms with E-state index in [9.17, 15) is 29.7 Å². The van der Waals surface area contributed by atoms with E-state index in [0.717, 1.165) is 45.3 Å². The van der Waals surface area contributed by atoms with Crippen molar-refractivity contribution < 1.29 is 34.4 Å². The molecule has 0 radical (unpaired) electrons. The van der Waals surface area contributed by atoms with Gasteiger partial charge in [-0.3, -0.25) is 14.4 Å². The maximum absolute atomic E-state index is 12.8. The number of unbranched alkanes of at least 4 members (excludes halogenated alkanes) is 27. The summed E-state index contributed by atoms with van der Waals surface area (Å²) in [6, 6.07) is -1.26. The van der Waals surface area contributed by atoms with Gasteiger partial charge < -0.3 is 36.0 Å². The lowest BCUT2D eigenvalue weighted by Crippen LogP contribution is -2.47. The number of aliphatic hydroxyl groups is 3. The van der Waals surface area contributed by atoms with Gasteiger partial charge in [-0.1, -0.05) is 187 Å². The van der Waals surface area contributed by atoms with Gasteiger partial charge in [0, 0.05) is 32.8 Å². The van der Waals surface area contributed by atoms with Crippen molar-refractivity contribution >= 4 is 17.7 Å². The monoisotopic (exact) mass is 840 g/mol. The first-order chi connectivity index (χ1) is 28.9. The van der Waals surface area contributed by atoms with Crippen LogP contribution < -0.4 is 16.0 Å². The molecule has 0 rings (SSSR count). The highest BCUT2D eigenvalue weighted by Crippen LogP contribution is 2.15. The lowest BCUT2D eigenvalue weighted by Gasteiger charge is -2.19. The van der Waals surface area contributed by atoms with Crippen LogP contribution in [0.5, 0.6) is 0 Å². The quantitative estimate of drug-likeness (QED) is 0.0333. The summed E-state index contributed by atoms with van der Waals surface area (Å²) in [7, 11) is 0. The second-order valence-corrected chi connectivity index (χ2v) is 17.4. The lowest BCUT2D eigenvalue weighted by atomic mass is 10.0. The van der Waals surface area contributed by atoms with Crippen LogP contribution in [0.25, 0.3) is 0 Å². The topological polar surface area (TPSA) is 157 Å². The Kier molecular flexibility index (Phi) is 44.4. The van der Waals surface area contributed by atoms with Gasteiger partial charge in [0.05, 0.1) is 25.2 Å². The van der Waals surface area contributed by atoms with Gasteiger partial charge in [-0.2, -0.15) is 0 Å². The van der Waals surface area contributed by atoms with Crippen LogP contribution in [-0.4, -0.2) is 84.2 Å². The molecule has 0 aliphatic carbocycles. The van der Waals surface area contributed by atoms with Gasteiger partial charge in [0.15, 0.2) is 0 Å². The third-order valence-electron chi connectivity index (χ3n) is 11.6. The van der Waals surface area contributed by atoms with Gasteiger partial charge in [0.25, 0.3) is 0 Å². The zero-order chi connectivity index (χ0) is 43.3. The zero-order valence-corrected chi connectivity index (χ0v) is 38.7. The number of carbonyl (C=O) groups excluding carboxylic acids is 3. The highest BCUT2D eigenvalue weighted by molar-refractivity contribution is 5.87. The first kappa shape index (κ1) is 57.2. The van der Waals surface area contributed by atoms with Crippen molar-refractivity contribution in [2.24, 2.45) is 0 Å². The van der Waals surface area contributed by atoms with Crippen LogP contribution in [0.4, 0.5) is 0 Å². The van der Waals surface area contributed by atoms with E-state index >= 15 is 0 Å². The molecule has 2 unspecified atom stereocenters. The van der Waals surface area contributed by atoms with Crippen molar-refractivity contribution in [2.45, 2.75) is 263 Å². The third kappa shape index (κ3) is 41.4. The normalized spacial score (nSPS) is 13.0. The van der Waals surface area contributed by atoms with Gasteiger partial charge in [-0.05, 0) is 44.9 Å². The Morgan fingerprint density at radius 1 is 0.492 bits per heavy atom. The predicted molar refractivity (Wildman–Crippen MR) is 245 cm³/mol. The van der Waals surface area contributed by atoms with E-state index in [4.69, 9.17) is 4.74 Å². The van der Waals surface area contributed by atoms with Crippen LogP contribution in [0, 0.1) is 0 Å². The SMILES string of the molecule is CCCCCCCCCCCCOCCCCCCCCCCCCCC(=O)NC(CCO)C(=O)NCCCC(CO)NC(=O)C[C@H](O)CCCCCCCCCCC. The van der Waals surface area contributed by atoms with E-state index in [1.807, 2.05) is 0 Å². The Hall–Kier alpha value is -1.75. The standard InChI is InChI=1S/C49H97N3O7/c1-3-5-7-9-11-13-19-23-27-31-40-59-41-32-28-24-20-16-14-15-18-22-26-30-36-47(56)52-46(37-39-53)49(58)50-38-33-34-44(43-54)51-48(57)42-45(55)35-29-25-21-17-12-10-8-6-4-2/h44-46,53-55H,3-43H2,1-2H3,(H,50,58)(H,51,57)(H,52,56)/t44?,45-,46?/m1/s1. The molecular weight excluding hydrogens is 743 g/mol. The molecule has 3 atom stereocenters. The average Bonchev–Trinajstić information content (AvgIpc) is 3.22. The molecule has 0 spiro atoms. The predicted octanol–water partition coefficient (Wildman–Crippen LogP) is 10.5. The smallest absolute Gasteiger partial charge is 0.242 e. The number of aliphatic hydroxyl groups excluding tert-OH is 3. The number of carbonyl (C=O) groups is 3. The minimum atomic E-state index is -0.796. The van der Waals surface area contributed by atoms with E-state index in [1.165, 1.54) is 161 Å². The number of hydrogen-bond acceptors (Lipinski definition) is 7. The van der Waals surface area contributed by atoms with Crippen LogP contribution in [0.15, 0.2) is 0 Å². The maximum Gasteiger partial charge on any atom is 0.242 e. The van der Waals surface area contributed by atoms with Gasteiger partial charge in [0.1, 0.15) is 6.04 Å². The Labute approximate surface area is 363 Å². The first-order valence-electron chi connectivity index (χ1n) is 25.2. The Bertz CT molecular complexity index is 924. The molecule has 0 saturated carbocycles. The van der Waals surface area contributed by atoms with E-state index in [2.05, 4.69) is 29.8 Å². The Morgan fingerprint density at radius 3 is 1.39 bits per heavy atom. The Morgan fingerprint density at radius 2 is 0.932 bits per heavy atom. The molecule has 350 valence electrons. The molecule has 0 aliphatic heterocycles. The van der Waals surface area contributed by atoms with Crippen molar-refractivity contribution in [1.29, 1.82) is 0 Å². The minimum Gasteiger partial charge on any atom is -0.396 e. The number of amides is 3. The summed E-state index contributed by atoms with van der Waals surface area (Å²) in [5, 5.41) is 37.9. The molecule has 10 heteroatoms. The van der Waals surface area contributed by atoms with Gasteiger partial charge in [-0.15, -0.1) is 0 Å². The third-order valence-corrected chi connectivity index (χ3v) is 11.6. The molecule has 6 N–H and O–H groups in total. The molecule has 0 heterocycles. The largest absolute Gasteiger partial charge is 0.396 e.